The van der Waals surface area contributed by atoms with Crippen molar-refractivity contribution in [3.05, 3.63) is 36.5 Å². The molecule has 0 aliphatic carbocycles. The van der Waals surface area contributed by atoms with E-state index in [2.05, 4.69) is 55.7 Å². The molecule has 1 aliphatic heterocycles. The monoisotopic (exact) mass is 684 g/mol. The molecule has 1 fully saturated rings. The molecule has 47 heavy (non-hydrogen) atoms. The van der Waals surface area contributed by atoms with Crippen LogP contribution in [0.15, 0.2) is 36.5 Å². The molecule has 2 N–H and O–H groups in total. The van der Waals surface area contributed by atoms with Gasteiger partial charge >= 0.3 is 19.8 Å². The van der Waals surface area contributed by atoms with Gasteiger partial charge in [0.25, 0.3) is 0 Å². The summed E-state index contributed by atoms with van der Waals surface area (Å²) in [6.07, 6.45) is 32.0. The number of hydrogen-bond acceptors (Lipinski definition) is 7. The fraction of sp³-hybridized carbons (Fsp3) is 0.784. The number of phosphoric ester groups is 1. The van der Waals surface area contributed by atoms with Crippen molar-refractivity contribution in [3.8, 4) is 0 Å². The summed E-state index contributed by atoms with van der Waals surface area (Å²) in [7, 11) is -4.77. The van der Waals surface area contributed by atoms with Gasteiger partial charge in [-0.25, -0.2) is 4.57 Å². The van der Waals surface area contributed by atoms with Crippen molar-refractivity contribution in [1.29, 1.82) is 0 Å². The molecular weight excluding hydrogens is 619 g/mol. The van der Waals surface area contributed by atoms with Crippen LogP contribution in [0.1, 0.15) is 149 Å². The largest absolute Gasteiger partial charge is 0.469 e. The summed E-state index contributed by atoms with van der Waals surface area (Å²) in [6, 6.07) is 0. The molecule has 1 aliphatic rings. The van der Waals surface area contributed by atoms with Gasteiger partial charge in [-0.15, -0.1) is 0 Å². The Kier molecular flexibility index (Phi) is 25.9. The van der Waals surface area contributed by atoms with Crippen LogP contribution >= 0.6 is 7.82 Å². The van der Waals surface area contributed by atoms with E-state index < -0.39 is 32.5 Å². The van der Waals surface area contributed by atoms with Gasteiger partial charge in [0.2, 0.25) is 0 Å². The SMILES string of the molecule is CCCCC/C=C\C/C=C\CC1OC1C/C=C\CCCC(=O)O[C@H](COC(=O)CCCCCCCCCCC(C)C)COP(=O)(O)O. The van der Waals surface area contributed by atoms with Gasteiger partial charge in [0, 0.05) is 12.8 Å². The number of allylic oxidation sites excluding steroid dienone is 4. The van der Waals surface area contributed by atoms with E-state index in [1.54, 1.807) is 0 Å². The Labute approximate surface area is 285 Å². The average Bonchev–Trinajstić information content (AvgIpc) is 3.77. The van der Waals surface area contributed by atoms with Gasteiger partial charge in [0.1, 0.15) is 6.61 Å². The lowest BCUT2D eigenvalue weighted by atomic mass is 10.0. The Morgan fingerprint density at radius 1 is 0.723 bits per heavy atom. The second-order valence-corrected chi connectivity index (χ2v) is 14.3. The van der Waals surface area contributed by atoms with Crippen LogP contribution < -0.4 is 0 Å². The maximum Gasteiger partial charge on any atom is 0.469 e. The molecule has 1 saturated heterocycles. The minimum atomic E-state index is -4.77. The summed E-state index contributed by atoms with van der Waals surface area (Å²) < 4.78 is 32.0. The van der Waals surface area contributed by atoms with Crippen LogP contribution in [0.25, 0.3) is 0 Å². The molecule has 0 bridgehead atoms. The van der Waals surface area contributed by atoms with E-state index in [4.69, 9.17) is 24.0 Å². The van der Waals surface area contributed by atoms with E-state index in [1.165, 1.54) is 51.4 Å². The number of rotatable bonds is 31. The minimum absolute atomic E-state index is 0.128. The molecular formula is C37H65O9P. The van der Waals surface area contributed by atoms with Crippen molar-refractivity contribution >= 4 is 19.8 Å². The third kappa shape index (κ3) is 28.9. The van der Waals surface area contributed by atoms with E-state index in [9.17, 15) is 14.2 Å². The van der Waals surface area contributed by atoms with Gasteiger partial charge in [-0.2, -0.15) is 0 Å². The second kappa shape index (κ2) is 28.1. The predicted molar refractivity (Wildman–Crippen MR) is 188 cm³/mol. The van der Waals surface area contributed by atoms with Gasteiger partial charge < -0.3 is 24.0 Å². The molecule has 10 heteroatoms. The first-order chi connectivity index (χ1) is 22.6. The molecule has 0 radical (unpaired) electrons. The zero-order valence-corrected chi connectivity index (χ0v) is 30.4. The van der Waals surface area contributed by atoms with Crippen LogP contribution in [-0.2, 0) is 32.9 Å². The van der Waals surface area contributed by atoms with Crippen LogP contribution in [0.2, 0.25) is 0 Å². The molecule has 1 rings (SSSR count). The van der Waals surface area contributed by atoms with Crippen LogP contribution in [-0.4, -0.2) is 53.3 Å². The molecule has 3 atom stereocenters. The Hall–Kier alpha value is -1.77. The number of ether oxygens (including phenoxy) is 3. The van der Waals surface area contributed by atoms with E-state index in [-0.39, 0.29) is 31.7 Å². The van der Waals surface area contributed by atoms with E-state index in [1.807, 2.05) is 6.08 Å². The van der Waals surface area contributed by atoms with Crippen molar-refractivity contribution in [2.24, 2.45) is 5.92 Å². The maximum atomic E-state index is 12.4. The van der Waals surface area contributed by atoms with Crippen LogP contribution in [0.5, 0.6) is 0 Å². The standard InChI is InChI=1S/C37H65O9P/c1-4-5-6-7-8-9-13-16-21-26-34-35(46-34)27-22-18-19-24-29-37(39)45-33(31-44-47(40,41)42)30-43-36(38)28-23-17-14-11-10-12-15-20-25-32(2)3/h8-9,16,18,21-22,32-35H,4-7,10-15,17,19-20,23-31H2,1-3H3,(H2,40,41,42)/b9-8-,21-16-,22-18-/t33-,34?,35?/m1/s1. The maximum absolute atomic E-state index is 12.4. The first-order valence-electron chi connectivity index (χ1n) is 18.3. The molecule has 0 saturated carbocycles. The fourth-order valence-corrected chi connectivity index (χ4v) is 5.48. The summed E-state index contributed by atoms with van der Waals surface area (Å²) in [5, 5.41) is 0. The van der Waals surface area contributed by atoms with Gasteiger partial charge in [0.15, 0.2) is 6.10 Å². The highest BCUT2D eigenvalue weighted by molar-refractivity contribution is 7.46. The normalized spacial score (nSPS) is 17.3. The first kappa shape index (κ1) is 43.3. The average molecular weight is 685 g/mol. The quantitative estimate of drug-likeness (QED) is 0.0241. The summed E-state index contributed by atoms with van der Waals surface area (Å²) >= 11 is 0. The molecule has 0 aromatic heterocycles. The number of epoxide rings is 1. The molecule has 0 aromatic carbocycles. The smallest absolute Gasteiger partial charge is 0.462 e. The van der Waals surface area contributed by atoms with Crippen molar-refractivity contribution in [1.82, 2.24) is 0 Å². The fourth-order valence-electron chi connectivity index (χ4n) is 5.12. The van der Waals surface area contributed by atoms with Gasteiger partial charge in [-0.05, 0) is 57.3 Å². The van der Waals surface area contributed by atoms with Crippen molar-refractivity contribution in [2.45, 2.75) is 167 Å². The Bertz CT molecular complexity index is 940. The molecule has 2 unspecified atom stereocenters. The number of phosphoric acid groups is 1. The Balaban J connectivity index is 2.17. The highest BCUT2D eigenvalue weighted by Crippen LogP contribution is 2.36. The lowest BCUT2D eigenvalue weighted by Gasteiger charge is -2.18. The predicted octanol–water partition coefficient (Wildman–Crippen LogP) is 9.46. The summed E-state index contributed by atoms with van der Waals surface area (Å²) in [4.78, 5) is 42.7. The molecule has 0 aromatic rings. The molecule has 9 nitrogen and oxygen atoms in total. The molecule has 0 spiro atoms. The zero-order valence-electron chi connectivity index (χ0n) is 29.5. The number of esters is 2. The summed E-state index contributed by atoms with van der Waals surface area (Å²) in [6.45, 7) is 5.85. The number of carbonyl (C=O) groups excluding carboxylic acids is 2. The lowest BCUT2D eigenvalue weighted by Crippen LogP contribution is -2.29. The minimum Gasteiger partial charge on any atom is -0.462 e. The van der Waals surface area contributed by atoms with Crippen LogP contribution in [0, 0.1) is 5.92 Å². The zero-order chi connectivity index (χ0) is 34.6. The molecule has 272 valence electrons. The molecule has 0 amide bonds. The molecule has 1 heterocycles. The van der Waals surface area contributed by atoms with Crippen molar-refractivity contribution in [2.75, 3.05) is 13.2 Å². The summed E-state index contributed by atoms with van der Waals surface area (Å²) in [5.74, 6) is -0.193. The number of unbranched alkanes of at least 4 members (excludes halogenated alkanes) is 11. The van der Waals surface area contributed by atoms with Crippen molar-refractivity contribution < 1.29 is 42.7 Å². The van der Waals surface area contributed by atoms with Crippen LogP contribution in [0.4, 0.5) is 0 Å². The number of hydrogen-bond donors (Lipinski definition) is 2. The topological polar surface area (TPSA) is 132 Å². The van der Waals surface area contributed by atoms with Gasteiger partial charge in [-0.1, -0.05) is 121 Å². The van der Waals surface area contributed by atoms with Crippen molar-refractivity contribution in [3.63, 3.8) is 0 Å². The second-order valence-electron chi connectivity index (χ2n) is 13.1. The third-order valence-corrected chi connectivity index (χ3v) is 8.48. The van der Waals surface area contributed by atoms with Crippen LogP contribution in [0.3, 0.4) is 0 Å². The highest BCUT2D eigenvalue weighted by atomic mass is 31.2. The van der Waals surface area contributed by atoms with E-state index in [0.29, 0.717) is 19.3 Å². The Morgan fingerprint density at radius 2 is 1.30 bits per heavy atom. The first-order valence-corrected chi connectivity index (χ1v) is 19.8. The van der Waals surface area contributed by atoms with Gasteiger partial charge in [-0.3, -0.25) is 14.1 Å². The number of carbonyl (C=O) groups is 2. The summed E-state index contributed by atoms with van der Waals surface area (Å²) in [5.41, 5.74) is 0. The Morgan fingerprint density at radius 3 is 1.96 bits per heavy atom. The van der Waals surface area contributed by atoms with Gasteiger partial charge in [0.05, 0.1) is 18.8 Å². The van der Waals surface area contributed by atoms with E-state index in [0.717, 1.165) is 50.9 Å². The lowest BCUT2D eigenvalue weighted by molar-refractivity contribution is -0.161. The third-order valence-electron chi connectivity index (χ3n) is 7.99. The van der Waals surface area contributed by atoms with E-state index >= 15 is 0 Å². The highest BCUT2D eigenvalue weighted by Gasteiger charge is 2.36.